The number of nitrogens with two attached hydrogens (primary N) is 1. The summed E-state index contributed by atoms with van der Waals surface area (Å²) in [5, 5.41) is 25.4. The van der Waals surface area contributed by atoms with E-state index >= 15 is 0 Å². The maximum atomic E-state index is 10.2. The van der Waals surface area contributed by atoms with Gasteiger partial charge in [0.2, 0.25) is 0 Å². The standard InChI is InChI=1S/C6H13NO4/c1-3(5(8)9)2-4(7)6(10)11/h3-5,8-9H,2,7H2,1H3,(H,10,11). The van der Waals surface area contributed by atoms with Crippen molar-refractivity contribution in [3.8, 4) is 0 Å². The third kappa shape index (κ3) is 3.92. The summed E-state index contributed by atoms with van der Waals surface area (Å²) in [5.74, 6) is -1.64. The van der Waals surface area contributed by atoms with Crippen LogP contribution in [0.25, 0.3) is 0 Å². The molecule has 11 heavy (non-hydrogen) atoms. The molecule has 0 aromatic carbocycles. The minimum atomic E-state index is -1.50. The fraction of sp³-hybridized carbons (Fsp3) is 0.833. The number of carboxylic acids is 1. The highest BCUT2D eigenvalue weighted by Gasteiger charge is 2.19. The van der Waals surface area contributed by atoms with E-state index in [1.165, 1.54) is 6.92 Å². The number of aliphatic hydroxyl groups excluding tert-OH is 1. The normalized spacial score (nSPS) is 16.5. The molecule has 0 saturated heterocycles. The molecule has 2 atom stereocenters. The number of hydrogen-bond donors (Lipinski definition) is 4. The van der Waals surface area contributed by atoms with E-state index in [1.54, 1.807) is 0 Å². The summed E-state index contributed by atoms with van der Waals surface area (Å²) in [6.45, 7) is 1.52. The molecule has 0 heterocycles. The smallest absolute Gasteiger partial charge is 0.320 e. The Kier molecular flexibility index (Phi) is 4.02. The van der Waals surface area contributed by atoms with Crippen LogP contribution >= 0.6 is 0 Å². The number of aliphatic carboxylic acids is 1. The summed E-state index contributed by atoms with van der Waals surface area (Å²) in [5.41, 5.74) is 5.13. The zero-order valence-corrected chi connectivity index (χ0v) is 6.27. The van der Waals surface area contributed by atoms with Gasteiger partial charge in [-0.15, -0.1) is 0 Å². The van der Waals surface area contributed by atoms with E-state index in [2.05, 4.69) is 0 Å². The molecule has 0 saturated carbocycles. The van der Waals surface area contributed by atoms with Gasteiger partial charge in [0.1, 0.15) is 6.04 Å². The highest BCUT2D eigenvalue weighted by Crippen LogP contribution is 2.07. The Bertz CT molecular complexity index is 137. The molecule has 5 heteroatoms. The molecule has 0 rings (SSSR count). The first-order valence-electron chi connectivity index (χ1n) is 3.29. The van der Waals surface area contributed by atoms with Gasteiger partial charge in [-0.1, -0.05) is 6.92 Å². The van der Waals surface area contributed by atoms with Crippen molar-refractivity contribution in [1.29, 1.82) is 0 Å². The third-order valence-corrected chi connectivity index (χ3v) is 1.45. The highest BCUT2D eigenvalue weighted by atomic mass is 16.5. The van der Waals surface area contributed by atoms with Crippen molar-refractivity contribution >= 4 is 5.97 Å². The maximum Gasteiger partial charge on any atom is 0.320 e. The number of rotatable bonds is 4. The number of carbonyl (C=O) groups is 1. The highest BCUT2D eigenvalue weighted by molar-refractivity contribution is 5.72. The monoisotopic (exact) mass is 163 g/mol. The van der Waals surface area contributed by atoms with Gasteiger partial charge in [-0.05, 0) is 6.42 Å². The summed E-state index contributed by atoms with van der Waals surface area (Å²) in [6, 6.07) is -1.02. The van der Waals surface area contributed by atoms with Crippen LogP contribution in [0.4, 0.5) is 0 Å². The van der Waals surface area contributed by atoms with Crippen LogP contribution in [-0.4, -0.2) is 33.6 Å². The lowest BCUT2D eigenvalue weighted by atomic mass is 10.0. The molecule has 5 N–H and O–H groups in total. The van der Waals surface area contributed by atoms with Crippen molar-refractivity contribution in [2.24, 2.45) is 11.7 Å². The van der Waals surface area contributed by atoms with Crippen LogP contribution in [0.3, 0.4) is 0 Å². The summed E-state index contributed by atoms with van der Waals surface area (Å²) >= 11 is 0. The second kappa shape index (κ2) is 4.27. The molecule has 2 unspecified atom stereocenters. The molecule has 0 spiro atoms. The van der Waals surface area contributed by atoms with Gasteiger partial charge >= 0.3 is 5.97 Å². The van der Waals surface area contributed by atoms with Crippen molar-refractivity contribution in [2.75, 3.05) is 0 Å². The molecular formula is C6H13NO4. The molecule has 0 bridgehead atoms. The molecule has 0 aliphatic rings. The van der Waals surface area contributed by atoms with E-state index in [4.69, 9.17) is 21.1 Å². The first-order chi connectivity index (χ1) is 4.95. The van der Waals surface area contributed by atoms with Crippen molar-refractivity contribution in [3.63, 3.8) is 0 Å². The van der Waals surface area contributed by atoms with Crippen LogP contribution in [0, 0.1) is 5.92 Å². The molecule has 0 aromatic rings. The predicted molar refractivity (Wildman–Crippen MR) is 37.6 cm³/mol. The van der Waals surface area contributed by atoms with Gasteiger partial charge in [0.15, 0.2) is 6.29 Å². The lowest BCUT2D eigenvalue weighted by molar-refractivity contribution is -0.140. The summed E-state index contributed by atoms with van der Waals surface area (Å²) in [7, 11) is 0. The van der Waals surface area contributed by atoms with Gasteiger partial charge in [0, 0.05) is 5.92 Å². The molecule has 66 valence electrons. The lowest BCUT2D eigenvalue weighted by Crippen LogP contribution is -2.34. The molecular weight excluding hydrogens is 150 g/mol. The minimum absolute atomic E-state index is 0.0625. The number of carboxylic acid groups (broad SMARTS) is 1. The molecule has 0 aliphatic heterocycles. The zero-order valence-electron chi connectivity index (χ0n) is 6.27. The maximum absolute atomic E-state index is 10.2. The topological polar surface area (TPSA) is 104 Å². The Morgan fingerprint density at radius 1 is 1.55 bits per heavy atom. The van der Waals surface area contributed by atoms with Crippen molar-refractivity contribution < 1.29 is 20.1 Å². The van der Waals surface area contributed by atoms with Crippen LogP contribution in [0.2, 0.25) is 0 Å². The molecule has 0 amide bonds. The first-order valence-corrected chi connectivity index (χ1v) is 3.29. The first kappa shape index (κ1) is 10.3. The van der Waals surface area contributed by atoms with Gasteiger partial charge in [-0.3, -0.25) is 4.79 Å². The molecule has 0 radical (unpaired) electrons. The Morgan fingerprint density at radius 2 is 2.00 bits per heavy atom. The fourth-order valence-electron chi connectivity index (χ4n) is 0.623. The Morgan fingerprint density at radius 3 is 2.27 bits per heavy atom. The Hall–Kier alpha value is -0.650. The van der Waals surface area contributed by atoms with Crippen molar-refractivity contribution in [3.05, 3.63) is 0 Å². The largest absolute Gasteiger partial charge is 0.480 e. The molecule has 0 aromatic heterocycles. The number of aliphatic hydroxyl groups is 2. The molecule has 0 aliphatic carbocycles. The van der Waals surface area contributed by atoms with Crippen LogP contribution in [-0.2, 0) is 4.79 Å². The van der Waals surface area contributed by atoms with E-state index < -0.39 is 24.2 Å². The van der Waals surface area contributed by atoms with Gasteiger partial charge in [0.25, 0.3) is 0 Å². The minimum Gasteiger partial charge on any atom is -0.480 e. The van der Waals surface area contributed by atoms with Gasteiger partial charge < -0.3 is 21.1 Å². The zero-order chi connectivity index (χ0) is 9.02. The van der Waals surface area contributed by atoms with E-state index in [1.807, 2.05) is 0 Å². The van der Waals surface area contributed by atoms with Crippen LogP contribution < -0.4 is 5.73 Å². The SMILES string of the molecule is CC(CC(N)C(=O)O)C(O)O. The predicted octanol–water partition coefficient (Wildman–Crippen LogP) is -1.26. The molecule has 5 nitrogen and oxygen atoms in total. The Labute approximate surface area is 64.4 Å². The lowest BCUT2D eigenvalue weighted by Gasteiger charge is -2.15. The summed E-state index contributed by atoms with van der Waals surface area (Å²) < 4.78 is 0. The van der Waals surface area contributed by atoms with E-state index in [0.29, 0.717) is 0 Å². The van der Waals surface area contributed by atoms with Crippen molar-refractivity contribution in [2.45, 2.75) is 25.7 Å². The van der Waals surface area contributed by atoms with Gasteiger partial charge in [-0.25, -0.2) is 0 Å². The second-order valence-electron chi connectivity index (χ2n) is 2.57. The average molecular weight is 163 g/mol. The Balaban J connectivity index is 3.75. The summed E-state index contributed by atoms with van der Waals surface area (Å²) in [6.07, 6.45) is -1.44. The average Bonchev–Trinajstić information content (AvgIpc) is 1.87. The van der Waals surface area contributed by atoms with Gasteiger partial charge in [-0.2, -0.15) is 0 Å². The van der Waals surface area contributed by atoms with E-state index in [0.717, 1.165) is 0 Å². The van der Waals surface area contributed by atoms with E-state index in [-0.39, 0.29) is 6.42 Å². The third-order valence-electron chi connectivity index (χ3n) is 1.45. The van der Waals surface area contributed by atoms with Crippen LogP contribution in [0.5, 0.6) is 0 Å². The van der Waals surface area contributed by atoms with E-state index in [9.17, 15) is 4.79 Å². The fourth-order valence-corrected chi connectivity index (χ4v) is 0.623. The second-order valence-corrected chi connectivity index (χ2v) is 2.57. The van der Waals surface area contributed by atoms with Gasteiger partial charge in [0.05, 0.1) is 0 Å². The van der Waals surface area contributed by atoms with Crippen LogP contribution in [0.15, 0.2) is 0 Å². The molecule has 0 fully saturated rings. The van der Waals surface area contributed by atoms with Crippen molar-refractivity contribution in [1.82, 2.24) is 0 Å². The summed E-state index contributed by atoms with van der Waals surface area (Å²) in [4.78, 5) is 10.2. The van der Waals surface area contributed by atoms with Crippen LogP contribution in [0.1, 0.15) is 13.3 Å². The quantitative estimate of drug-likeness (QED) is 0.387. The number of hydrogen-bond acceptors (Lipinski definition) is 4.